The van der Waals surface area contributed by atoms with Gasteiger partial charge in [-0.05, 0) is 236 Å². The zero-order valence-electron chi connectivity index (χ0n) is 75.3. The summed E-state index contributed by atoms with van der Waals surface area (Å²) in [6.07, 6.45) is 9.19. The topological polar surface area (TPSA) is 183 Å². The minimum absolute atomic E-state index is 0. The summed E-state index contributed by atoms with van der Waals surface area (Å²) in [6.45, 7) is 46.3. The fraction of sp³-hybridized carbons (Fsp3) is 0.302. The van der Waals surface area contributed by atoms with Gasteiger partial charge in [-0.2, -0.15) is 0 Å². The molecular weight excluding hydrogens is 1520 g/mol. The molecule has 12 nitrogen and oxygen atoms in total. The van der Waals surface area contributed by atoms with E-state index in [0.29, 0.717) is 52.9 Å². The maximum absolute atomic E-state index is 12.2. The minimum atomic E-state index is -4.31. The largest absolute Gasteiger partial charge is 1.00 e. The van der Waals surface area contributed by atoms with Crippen LogP contribution in [-0.2, 0) is 14.9 Å². The molecule has 626 valence electrons. The van der Waals surface area contributed by atoms with Gasteiger partial charge in [0.1, 0.15) is 10.1 Å². The number of benzene rings is 10. The van der Waals surface area contributed by atoms with Gasteiger partial charge in [0.15, 0.2) is 0 Å². The molecule has 0 aliphatic carbocycles. The van der Waals surface area contributed by atoms with Crippen LogP contribution in [0.1, 0.15) is 274 Å². The first-order chi connectivity index (χ1) is 56.5. The minimum Gasteiger partial charge on any atom is -0.744 e. The molecule has 3 N–H and O–H groups in total. The predicted octanol–water partition coefficient (Wildman–Crippen LogP) is 25.4. The van der Waals surface area contributed by atoms with Gasteiger partial charge >= 0.3 is 51.4 Å². The second-order valence-corrected chi connectivity index (χ2v) is 33.9. The normalized spacial score (nSPS) is 10.6. The summed E-state index contributed by atoms with van der Waals surface area (Å²) in [6, 6.07) is 89.8. The molecule has 3 aromatic heterocycles. The van der Waals surface area contributed by atoms with Gasteiger partial charge in [-0.3, -0.25) is 29.3 Å². The smallest absolute Gasteiger partial charge is 0.744 e. The molecule has 0 atom stereocenters. The van der Waals surface area contributed by atoms with Gasteiger partial charge in [-0.1, -0.05) is 320 Å². The number of rotatable bonds is 16. The Bertz CT molecular complexity index is 5190. The van der Waals surface area contributed by atoms with Crippen molar-refractivity contribution in [2.75, 3.05) is 16.0 Å². The van der Waals surface area contributed by atoms with Crippen LogP contribution in [0.3, 0.4) is 0 Å². The number of nitrogens with one attached hydrogen (secondary N) is 3. The van der Waals surface area contributed by atoms with Gasteiger partial charge < -0.3 is 20.5 Å². The summed E-state index contributed by atoms with van der Waals surface area (Å²) < 4.78 is 32.0. The molecule has 0 spiro atoms. The summed E-state index contributed by atoms with van der Waals surface area (Å²) in [5.41, 5.74) is 17.3. The quantitative estimate of drug-likeness (QED) is 0.0626. The SMILES string of the molecule is CC(C)C(=O)Nc1cccc(C(C)C)c1.CC(C)c1ccc2ccccc2c1.CC(C)c1cccc(S(=O)(=O)[O-])c1.CC(C)c1cccc2ccccc12.CC(C)c1ccccn1.CC(C)c1cccnc1.CC(C)c1ccncc1.Cc1cccc(C(=O)Nc2cccc(C(C)C)c2)c1.Cc1ccccc1C(=O)Nc1cccc(C(C)C)c1.[K+]. The Balaban J connectivity index is 0.000000287. The Hall–Kier alpha value is -9.87. The number of pyridine rings is 3. The summed E-state index contributed by atoms with van der Waals surface area (Å²) >= 11 is 0. The van der Waals surface area contributed by atoms with Gasteiger partial charge in [0.2, 0.25) is 5.91 Å². The molecule has 13 aromatic rings. The summed E-state index contributed by atoms with van der Waals surface area (Å²) in [5, 5.41) is 14.2. The van der Waals surface area contributed by atoms with Crippen LogP contribution in [0.4, 0.5) is 17.1 Å². The molecule has 14 heteroatoms. The van der Waals surface area contributed by atoms with Crippen molar-refractivity contribution in [1.29, 1.82) is 0 Å². The van der Waals surface area contributed by atoms with Crippen molar-refractivity contribution < 1.29 is 78.7 Å². The van der Waals surface area contributed by atoms with Crippen LogP contribution in [0.25, 0.3) is 21.5 Å². The van der Waals surface area contributed by atoms with Crippen molar-refractivity contribution in [3.8, 4) is 0 Å². The number of amides is 3. The number of hydrogen-bond acceptors (Lipinski definition) is 9. The number of aryl methyl sites for hydroxylation is 2. The number of fused-ring (bicyclic) bond motifs is 2. The van der Waals surface area contributed by atoms with Crippen molar-refractivity contribution in [3.63, 3.8) is 0 Å². The number of aromatic nitrogens is 3. The maximum Gasteiger partial charge on any atom is 1.00 e. The molecule has 0 saturated carbocycles. The molecule has 0 radical (unpaired) electrons. The van der Waals surface area contributed by atoms with E-state index < -0.39 is 10.1 Å². The predicted molar refractivity (Wildman–Crippen MR) is 503 cm³/mol. The third-order valence-electron chi connectivity index (χ3n) is 19.3. The van der Waals surface area contributed by atoms with Crippen molar-refractivity contribution in [2.45, 2.75) is 210 Å². The molecule has 0 saturated heterocycles. The molecule has 13 rings (SSSR count). The number of hydrogen-bond donors (Lipinski definition) is 3. The first-order valence-corrected chi connectivity index (χ1v) is 43.0. The van der Waals surface area contributed by atoms with E-state index in [9.17, 15) is 27.4 Å². The van der Waals surface area contributed by atoms with Gasteiger partial charge in [-0.25, -0.2) is 8.42 Å². The van der Waals surface area contributed by atoms with Crippen molar-refractivity contribution >= 4 is 66.4 Å². The van der Waals surface area contributed by atoms with Crippen LogP contribution in [0.2, 0.25) is 0 Å². The monoisotopic (exact) mass is 1650 g/mol. The zero-order valence-corrected chi connectivity index (χ0v) is 79.3. The van der Waals surface area contributed by atoms with Crippen molar-refractivity contribution in [1.82, 2.24) is 15.0 Å². The first kappa shape index (κ1) is 102. The van der Waals surface area contributed by atoms with E-state index in [2.05, 4.69) is 251 Å². The van der Waals surface area contributed by atoms with Crippen LogP contribution in [-0.4, -0.2) is 45.6 Å². The number of carbonyl (C=O) groups is 3. The Morgan fingerprint density at radius 1 is 0.333 bits per heavy atom. The van der Waals surface area contributed by atoms with Crippen LogP contribution >= 0.6 is 0 Å². The summed E-state index contributed by atoms with van der Waals surface area (Å²) in [4.78, 5) is 47.8. The molecule has 0 aliphatic heterocycles. The van der Waals surface area contributed by atoms with Crippen molar-refractivity contribution in [2.24, 2.45) is 5.92 Å². The fourth-order valence-corrected chi connectivity index (χ4v) is 12.3. The number of anilines is 3. The second kappa shape index (κ2) is 53.7. The van der Waals surface area contributed by atoms with Gasteiger partial charge in [-0.15, -0.1) is 0 Å². The Morgan fingerprint density at radius 2 is 0.783 bits per heavy atom. The van der Waals surface area contributed by atoms with E-state index in [4.69, 9.17) is 0 Å². The third-order valence-corrected chi connectivity index (χ3v) is 20.2. The van der Waals surface area contributed by atoms with E-state index in [1.807, 2.05) is 206 Å². The maximum atomic E-state index is 12.2. The van der Waals surface area contributed by atoms with E-state index in [0.717, 1.165) is 45.0 Å². The molecule has 120 heavy (non-hydrogen) atoms. The molecule has 0 aliphatic rings. The van der Waals surface area contributed by atoms with E-state index in [-0.39, 0.29) is 85.8 Å². The van der Waals surface area contributed by atoms with Crippen LogP contribution in [0.5, 0.6) is 0 Å². The Kier molecular flexibility index (Phi) is 45.9. The Morgan fingerprint density at radius 3 is 1.24 bits per heavy atom. The average Bonchev–Trinajstić information content (AvgIpc) is 0.820. The zero-order chi connectivity index (χ0) is 87.7. The molecule has 0 fully saturated rings. The molecular formula is C106H129KN6O6S. The second-order valence-electron chi connectivity index (χ2n) is 32.5. The van der Waals surface area contributed by atoms with Crippen molar-refractivity contribution in [3.05, 3.63) is 376 Å². The third kappa shape index (κ3) is 37.4. The van der Waals surface area contributed by atoms with Gasteiger partial charge in [0, 0.05) is 70.8 Å². The molecule has 3 amide bonds. The van der Waals surface area contributed by atoms with Crippen LogP contribution in [0.15, 0.2) is 309 Å². The summed E-state index contributed by atoms with van der Waals surface area (Å²) in [5.74, 6) is 4.56. The van der Waals surface area contributed by atoms with Gasteiger partial charge in [0.25, 0.3) is 11.8 Å². The molecule has 0 bridgehead atoms. The number of carbonyl (C=O) groups excluding carboxylic acids is 3. The summed E-state index contributed by atoms with van der Waals surface area (Å²) in [7, 11) is -4.31. The number of nitrogens with zero attached hydrogens (tertiary/aromatic N) is 3. The van der Waals surface area contributed by atoms with E-state index >= 15 is 0 Å². The first-order valence-electron chi connectivity index (χ1n) is 41.6. The van der Waals surface area contributed by atoms with E-state index in [1.54, 1.807) is 18.3 Å². The molecule has 10 aromatic carbocycles. The standard InChI is InChI=1S/2C17H19NO.C13H19NO.2C13H14.C9H12O3S.3C8H11N.K/c1-12(2)14-7-5-9-16(11-14)18-17(19)15-8-4-6-13(3)10-15;1-12(2)14-8-6-9-15(11-14)18-17(19)16-10-5-4-7-13(16)3;1-9(2)11-6-5-7-12(8-11)14-13(15)10(3)4;1-10(2)12-9-5-7-11-6-3-4-8-13(11)12;1-10(2)12-8-7-11-5-3-4-6-13(11)9-12;1-7(2)8-4-3-5-9(6-8)13(10,11)12;1-7(2)8-3-5-9-6-4-8;1-7(2)8-4-3-5-9-6-8;1-7(2)8-5-3-4-6-9-8;/h2*4-12H,1-3H3,(H,18,19);5-10H,1-4H3,(H,14,15);2*3-10H,1-2H3;3-7H,1-2H3,(H,10,11,12);3*3-7H,1-2H3;/q;;;;;;;;;+1/p-1. The fourth-order valence-electron chi connectivity index (χ4n) is 11.8. The van der Waals surface area contributed by atoms with Crippen LogP contribution in [0, 0.1) is 19.8 Å². The Labute approximate surface area is 762 Å². The van der Waals surface area contributed by atoms with Crippen LogP contribution < -0.4 is 67.3 Å². The average molecular weight is 1650 g/mol. The van der Waals surface area contributed by atoms with Gasteiger partial charge in [0.05, 0.1) is 4.90 Å². The molecule has 0 unspecified atom stereocenters. The van der Waals surface area contributed by atoms with E-state index in [1.165, 1.54) is 72.6 Å². The molecule has 3 heterocycles.